The molecule has 0 aromatic heterocycles. The second-order valence-corrected chi connectivity index (χ2v) is 12.8. The molecule has 5 N–H and O–H groups in total. The average Bonchev–Trinajstić information content (AvgIpc) is 2.87. The molecule has 0 aliphatic heterocycles. The number of unbranched alkanes of at least 4 members (excludes halogenated alkanes) is 1. The molecule has 1 rings (SSSR count). The summed E-state index contributed by atoms with van der Waals surface area (Å²) in [7, 11) is -3.39. The third-order valence-corrected chi connectivity index (χ3v) is 6.29. The van der Waals surface area contributed by atoms with Gasteiger partial charge >= 0.3 is 18.2 Å². The Bertz CT molecular complexity index is 1150. The van der Waals surface area contributed by atoms with Gasteiger partial charge in [-0.1, -0.05) is 30.3 Å². The van der Waals surface area contributed by atoms with Gasteiger partial charge in [0, 0.05) is 19.2 Å². The van der Waals surface area contributed by atoms with E-state index in [0.717, 1.165) is 11.8 Å². The monoisotopic (exact) mass is 614 g/mol. The lowest BCUT2D eigenvalue weighted by atomic mass is 10.1. The van der Waals surface area contributed by atoms with Crippen molar-refractivity contribution in [2.45, 2.75) is 77.2 Å². The number of nitrogens with two attached hydrogens (primary N) is 1. The number of primary amides is 1. The predicted molar refractivity (Wildman–Crippen MR) is 153 cm³/mol. The highest BCUT2D eigenvalue weighted by molar-refractivity contribution is 7.90. The molecule has 0 saturated heterocycles. The third kappa shape index (κ3) is 17.7. The highest BCUT2D eigenvalue weighted by atomic mass is 32.2. The Balaban J connectivity index is 2.73. The summed E-state index contributed by atoms with van der Waals surface area (Å²) in [5.74, 6) is -2.65. The highest BCUT2D eigenvalue weighted by Crippen LogP contribution is 2.12. The quantitative estimate of drug-likeness (QED) is 0.112. The first-order valence-electron chi connectivity index (χ1n) is 13.4. The van der Waals surface area contributed by atoms with Crippen LogP contribution in [0.3, 0.4) is 0 Å². The maximum atomic E-state index is 13.1. The molecule has 1 aromatic rings. The number of hydrogen-bond acceptors (Lipinski definition) is 10. The summed E-state index contributed by atoms with van der Waals surface area (Å²) in [5, 5.41) is 7.44. The summed E-state index contributed by atoms with van der Waals surface area (Å²) in [6, 6.07) is 6.76. The molecular weight excluding hydrogens is 572 g/mol. The number of esters is 1. The fourth-order valence-electron chi connectivity index (χ4n) is 3.36. The molecule has 0 radical (unpaired) electrons. The lowest BCUT2D eigenvalue weighted by Crippen LogP contribution is -2.53. The Labute approximate surface area is 246 Å². The van der Waals surface area contributed by atoms with E-state index in [4.69, 9.17) is 19.9 Å². The zero-order valence-corrected chi connectivity index (χ0v) is 25.3. The van der Waals surface area contributed by atoms with Gasteiger partial charge in [0.15, 0.2) is 9.84 Å². The summed E-state index contributed by atoms with van der Waals surface area (Å²) < 4.78 is 37.9. The molecule has 0 saturated carbocycles. The second-order valence-electron chi connectivity index (χ2n) is 10.5. The van der Waals surface area contributed by atoms with Crippen LogP contribution in [0.4, 0.5) is 9.59 Å². The van der Waals surface area contributed by atoms with E-state index in [2.05, 4.69) is 16.0 Å². The van der Waals surface area contributed by atoms with Crippen molar-refractivity contribution in [3.05, 3.63) is 35.9 Å². The maximum absolute atomic E-state index is 13.1. The molecule has 15 heteroatoms. The minimum Gasteiger partial charge on any atom is -0.458 e. The number of benzene rings is 1. The van der Waals surface area contributed by atoms with E-state index in [0.29, 0.717) is 12.8 Å². The van der Waals surface area contributed by atoms with Crippen molar-refractivity contribution < 1.29 is 46.6 Å². The van der Waals surface area contributed by atoms with Crippen LogP contribution in [0.25, 0.3) is 0 Å². The molecule has 4 amide bonds. The van der Waals surface area contributed by atoms with E-state index >= 15 is 0 Å². The molecular formula is C27H42N4O10S. The summed E-state index contributed by atoms with van der Waals surface area (Å²) in [5.41, 5.74) is 5.18. The standard InChI is InChI=1S/C27H42N4O10S/c1-27(2,3)41-24(34)21(12-8-9-15-29-25(35)40-18-19-10-6-5-7-11-19)30-23(33)20(13-14-22(28)32)31-26(36)39-16-17-42(4,37)38/h5-7,10-11,20-21H,8-9,12-18H2,1-4H3,(H2,28,32)(H,29,35)(H,30,33)(H,31,36)/t20-,21+/m0/s1. The molecule has 0 fully saturated rings. The van der Waals surface area contributed by atoms with Gasteiger partial charge in [-0.25, -0.2) is 22.8 Å². The average molecular weight is 615 g/mol. The van der Waals surface area contributed by atoms with Gasteiger partial charge in [0.05, 0.1) is 5.75 Å². The Hall–Kier alpha value is -3.88. The number of hydrogen-bond donors (Lipinski definition) is 4. The first-order valence-corrected chi connectivity index (χ1v) is 15.5. The Morgan fingerprint density at radius 3 is 2.17 bits per heavy atom. The molecule has 0 unspecified atom stereocenters. The van der Waals surface area contributed by atoms with Gasteiger partial charge in [0.1, 0.15) is 30.9 Å². The lowest BCUT2D eigenvalue weighted by Gasteiger charge is -2.26. The van der Waals surface area contributed by atoms with Crippen molar-refractivity contribution in [2.75, 3.05) is 25.2 Å². The summed E-state index contributed by atoms with van der Waals surface area (Å²) in [6.07, 6.45) is -0.166. The van der Waals surface area contributed by atoms with Crippen LogP contribution in [0.2, 0.25) is 0 Å². The van der Waals surface area contributed by atoms with E-state index in [1.165, 1.54) is 0 Å². The van der Waals surface area contributed by atoms with Gasteiger partial charge in [0.25, 0.3) is 0 Å². The van der Waals surface area contributed by atoms with E-state index in [9.17, 15) is 32.4 Å². The first-order chi connectivity index (χ1) is 19.6. The molecule has 0 bridgehead atoms. The lowest BCUT2D eigenvalue weighted by molar-refractivity contribution is -0.159. The number of amides is 4. The predicted octanol–water partition coefficient (Wildman–Crippen LogP) is 1.31. The van der Waals surface area contributed by atoms with Crippen molar-refractivity contribution in [3.8, 4) is 0 Å². The van der Waals surface area contributed by atoms with E-state index in [-0.39, 0.29) is 32.4 Å². The highest BCUT2D eigenvalue weighted by Gasteiger charge is 2.30. The van der Waals surface area contributed by atoms with Crippen LogP contribution < -0.4 is 21.7 Å². The fourth-order valence-corrected chi connectivity index (χ4v) is 3.74. The third-order valence-electron chi connectivity index (χ3n) is 5.38. The summed E-state index contributed by atoms with van der Waals surface area (Å²) in [6.45, 7) is 4.93. The Kier molecular flexibility index (Phi) is 15.3. The largest absolute Gasteiger partial charge is 0.458 e. The number of sulfone groups is 1. The molecule has 1 aromatic carbocycles. The van der Waals surface area contributed by atoms with Gasteiger partial charge in [-0.3, -0.25) is 9.59 Å². The number of ether oxygens (including phenoxy) is 3. The second kappa shape index (κ2) is 17.8. The molecule has 0 aliphatic rings. The summed E-state index contributed by atoms with van der Waals surface area (Å²) in [4.78, 5) is 61.3. The number of carbonyl (C=O) groups excluding carboxylic acids is 5. The van der Waals surface area contributed by atoms with Gasteiger partial charge in [-0.05, 0) is 52.0 Å². The summed E-state index contributed by atoms with van der Waals surface area (Å²) >= 11 is 0. The Morgan fingerprint density at radius 1 is 0.905 bits per heavy atom. The molecule has 0 aliphatic carbocycles. The minimum atomic E-state index is -3.39. The van der Waals surface area contributed by atoms with Crippen LogP contribution in [0.15, 0.2) is 30.3 Å². The van der Waals surface area contributed by atoms with Crippen LogP contribution in [0.5, 0.6) is 0 Å². The molecule has 42 heavy (non-hydrogen) atoms. The topological polar surface area (TPSA) is 209 Å². The van der Waals surface area contributed by atoms with E-state index in [1.54, 1.807) is 20.8 Å². The molecule has 0 heterocycles. The molecule has 0 spiro atoms. The zero-order valence-electron chi connectivity index (χ0n) is 24.5. The number of carbonyl (C=O) groups is 5. The Morgan fingerprint density at radius 2 is 1.57 bits per heavy atom. The van der Waals surface area contributed by atoms with Crippen LogP contribution >= 0.6 is 0 Å². The van der Waals surface area contributed by atoms with Gasteiger partial charge in [-0.15, -0.1) is 0 Å². The van der Waals surface area contributed by atoms with Crippen molar-refractivity contribution >= 4 is 39.8 Å². The smallest absolute Gasteiger partial charge is 0.407 e. The fraction of sp³-hybridized carbons (Fsp3) is 0.593. The van der Waals surface area contributed by atoms with E-state index < -0.39 is 69.9 Å². The SMILES string of the molecule is CC(C)(C)OC(=O)[C@@H](CCCCNC(=O)OCc1ccccc1)NC(=O)[C@H](CCC(N)=O)NC(=O)OCCS(C)(=O)=O. The van der Waals surface area contributed by atoms with Gasteiger partial charge < -0.3 is 35.9 Å². The van der Waals surface area contributed by atoms with E-state index in [1.807, 2.05) is 30.3 Å². The molecule has 2 atom stereocenters. The number of rotatable bonds is 17. The van der Waals surface area contributed by atoms with Crippen molar-refractivity contribution in [2.24, 2.45) is 5.73 Å². The normalized spacial score (nSPS) is 12.8. The van der Waals surface area contributed by atoms with Crippen LogP contribution in [-0.4, -0.2) is 81.2 Å². The number of alkyl carbamates (subject to hydrolysis) is 2. The van der Waals surface area contributed by atoms with Crippen molar-refractivity contribution in [1.82, 2.24) is 16.0 Å². The van der Waals surface area contributed by atoms with Crippen LogP contribution in [0, 0.1) is 0 Å². The van der Waals surface area contributed by atoms with Crippen LogP contribution in [-0.2, 0) is 45.0 Å². The molecule has 14 nitrogen and oxygen atoms in total. The maximum Gasteiger partial charge on any atom is 0.407 e. The first kappa shape index (κ1) is 36.1. The van der Waals surface area contributed by atoms with Gasteiger partial charge in [0.2, 0.25) is 11.8 Å². The minimum absolute atomic E-state index is 0.121. The van der Waals surface area contributed by atoms with Crippen LogP contribution in [0.1, 0.15) is 58.4 Å². The van der Waals surface area contributed by atoms with Gasteiger partial charge in [-0.2, -0.15) is 0 Å². The zero-order chi connectivity index (χ0) is 31.8. The van der Waals surface area contributed by atoms with Crippen molar-refractivity contribution in [3.63, 3.8) is 0 Å². The number of nitrogens with one attached hydrogen (secondary N) is 3. The molecule has 236 valence electrons. The van der Waals surface area contributed by atoms with Crippen molar-refractivity contribution in [1.29, 1.82) is 0 Å².